The summed E-state index contributed by atoms with van der Waals surface area (Å²) >= 11 is 6.11. The lowest BCUT2D eigenvalue weighted by molar-refractivity contribution is 1.02. The maximum absolute atomic E-state index is 5.97. The Hall–Kier alpha value is -2.26. The van der Waals surface area contributed by atoms with Crippen LogP contribution in [0, 0.1) is 0 Å². The zero-order valence-electron chi connectivity index (χ0n) is 10.6. The van der Waals surface area contributed by atoms with Crippen molar-refractivity contribution in [3.05, 3.63) is 34.8 Å². The molecule has 0 aliphatic rings. The number of hydrazone groups is 1. The van der Waals surface area contributed by atoms with Crippen molar-refractivity contribution in [3.63, 3.8) is 0 Å². The first-order valence-electron chi connectivity index (χ1n) is 5.61. The first-order valence-corrected chi connectivity index (χ1v) is 6.84. The van der Waals surface area contributed by atoms with E-state index >= 15 is 0 Å². The predicted octanol–water partition coefficient (Wildman–Crippen LogP) is 0.748. The molecule has 2 rings (SSSR count). The van der Waals surface area contributed by atoms with E-state index in [1.165, 1.54) is 11.3 Å². The van der Waals surface area contributed by atoms with Gasteiger partial charge in [-0.25, -0.2) is 0 Å². The van der Waals surface area contributed by atoms with Gasteiger partial charge in [0, 0.05) is 18.3 Å². The van der Waals surface area contributed by atoms with Crippen LogP contribution in [0.25, 0.3) is 0 Å². The predicted molar refractivity (Wildman–Crippen MR) is 85.9 cm³/mol. The van der Waals surface area contributed by atoms with Crippen molar-refractivity contribution in [2.45, 2.75) is 0 Å². The number of nitrogens with one attached hydrogen (secondary N) is 2. The second kappa shape index (κ2) is 6.26. The highest BCUT2D eigenvalue weighted by Gasteiger charge is 2.15. The maximum Gasteiger partial charge on any atom is 0.205 e. The van der Waals surface area contributed by atoms with Crippen molar-refractivity contribution in [3.8, 4) is 0 Å². The lowest BCUT2D eigenvalue weighted by Gasteiger charge is -2.06. The molecule has 0 bridgehead atoms. The molecule has 1 aromatic heterocycles. The van der Waals surface area contributed by atoms with Gasteiger partial charge in [0.15, 0.2) is 10.1 Å². The van der Waals surface area contributed by atoms with Gasteiger partial charge in [-0.15, -0.1) is 10.2 Å². The van der Waals surface area contributed by atoms with Crippen molar-refractivity contribution in [2.75, 3.05) is 18.1 Å². The average Bonchev–Trinajstić information content (AvgIpc) is 2.89. The molecular formula is C11H13N7S2. The molecule has 1 aromatic carbocycles. The van der Waals surface area contributed by atoms with E-state index in [0.717, 1.165) is 5.56 Å². The Morgan fingerprint density at radius 3 is 2.70 bits per heavy atom. The third-order valence-electron chi connectivity index (χ3n) is 2.34. The van der Waals surface area contributed by atoms with Gasteiger partial charge >= 0.3 is 0 Å². The summed E-state index contributed by atoms with van der Waals surface area (Å²) in [6, 6.07) is 7.33. The van der Waals surface area contributed by atoms with Gasteiger partial charge in [-0.3, -0.25) is 5.43 Å². The van der Waals surface area contributed by atoms with Gasteiger partial charge in [-0.1, -0.05) is 29.5 Å². The lowest BCUT2D eigenvalue weighted by atomic mass is 10.1. The van der Waals surface area contributed by atoms with Crippen molar-refractivity contribution in [1.29, 1.82) is 0 Å². The van der Waals surface area contributed by atoms with E-state index in [1.807, 2.05) is 18.2 Å². The van der Waals surface area contributed by atoms with E-state index in [4.69, 9.17) is 23.7 Å². The molecule has 1 heterocycles. The zero-order valence-corrected chi connectivity index (χ0v) is 12.3. The Labute approximate surface area is 125 Å². The van der Waals surface area contributed by atoms with Gasteiger partial charge in [-0.2, -0.15) is 5.10 Å². The quantitative estimate of drug-likeness (QED) is 0.285. The number of rotatable bonds is 4. The number of nitrogen functional groups attached to an aromatic ring is 1. The standard InChI is InChI=1S/C11H13N7S2/c1-14-11-18-16-9(20-11)8(15-17-10(13)19)6-4-2-3-5-7(6)12/h2-5H,12H2,1H3,(H,14,18)(H3,13,17,19). The molecular weight excluding hydrogens is 294 g/mol. The SMILES string of the molecule is CNc1nnc(C(=NNC(N)=S)c2ccccc2N)s1. The summed E-state index contributed by atoms with van der Waals surface area (Å²) < 4.78 is 0. The van der Waals surface area contributed by atoms with E-state index in [0.29, 0.717) is 21.5 Å². The minimum Gasteiger partial charge on any atom is -0.398 e. The minimum absolute atomic E-state index is 0.0651. The molecule has 7 nitrogen and oxygen atoms in total. The molecule has 0 spiro atoms. The molecule has 104 valence electrons. The molecule has 0 atom stereocenters. The number of para-hydroxylation sites is 1. The van der Waals surface area contributed by atoms with Gasteiger partial charge < -0.3 is 16.8 Å². The fourth-order valence-corrected chi connectivity index (χ4v) is 2.21. The Balaban J connectivity index is 2.47. The van der Waals surface area contributed by atoms with E-state index in [9.17, 15) is 0 Å². The summed E-state index contributed by atoms with van der Waals surface area (Å²) in [6.45, 7) is 0. The van der Waals surface area contributed by atoms with Crippen molar-refractivity contribution < 1.29 is 0 Å². The van der Waals surface area contributed by atoms with Gasteiger partial charge in [-0.05, 0) is 18.3 Å². The number of hydrogen-bond acceptors (Lipinski definition) is 7. The van der Waals surface area contributed by atoms with E-state index in [-0.39, 0.29) is 5.11 Å². The van der Waals surface area contributed by atoms with E-state index in [1.54, 1.807) is 13.1 Å². The second-order valence-corrected chi connectivity index (χ2v) is 5.10. The third kappa shape index (κ3) is 3.19. The number of benzene rings is 1. The fourth-order valence-electron chi connectivity index (χ4n) is 1.47. The molecule has 0 aliphatic heterocycles. The highest BCUT2D eigenvalue weighted by Crippen LogP contribution is 2.21. The molecule has 20 heavy (non-hydrogen) atoms. The van der Waals surface area contributed by atoms with Gasteiger partial charge in [0.25, 0.3) is 0 Å². The van der Waals surface area contributed by atoms with Crippen LogP contribution in [0.1, 0.15) is 10.6 Å². The molecule has 2 aromatic rings. The van der Waals surface area contributed by atoms with E-state index < -0.39 is 0 Å². The smallest absolute Gasteiger partial charge is 0.205 e. The average molecular weight is 307 g/mol. The molecule has 6 N–H and O–H groups in total. The Kier molecular flexibility index (Phi) is 4.43. The molecule has 0 radical (unpaired) electrons. The number of nitrogens with two attached hydrogens (primary N) is 2. The molecule has 0 saturated carbocycles. The molecule has 0 aliphatic carbocycles. The van der Waals surface area contributed by atoms with Crippen LogP contribution in [0.4, 0.5) is 10.8 Å². The second-order valence-electron chi connectivity index (χ2n) is 3.69. The molecule has 0 amide bonds. The van der Waals surface area contributed by atoms with Crippen LogP contribution in [-0.2, 0) is 0 Å². The van der Waals surface area contributed by atoms with Gasteiger partial charge in [0.05, 0.1) is 0 Å². The lowest BCUT2D eigenvalue weighted by Crippen LogP contribution is -2.26. The summed E-state index contributed by atoms with van der Waals surface area (Å²) in [4.78, 5) is 0. The maximum atomic E-state index is 5.97. The fraction of sp³-hybridized carbons (Fsp3) is 0.0909. The van der Waals surface area contributed by atoms with Crippen molar-refractivity contribution in [2.24, 2.45) is 10.8 Å². The van der Waals surface area contributed by atoms with Crippen LogP contribution >= 0.6 is 23.6 Å². The largest absolute Gasteiger partial charge is 0.398 e. The van der Waals surface area contributed by atoms with Crippen LogP contribution < -0.4 is 22.2 Å². The van der Waals surface area contributed by atoms with E-state index in [2.05, 4.69) is 26.0 Å². The normalized spacial score (nSPS) is 11.2. The van der Waals surface area contributed by atoms with Crippen molar-refractivity contribution in [1.82, 2.24) is 15.6 Å². The molecule has 0 saturated heterocycles. The first-order chi connectivity index (χ1) is 9.61. The van der Waals surface area contributed by atoms with Crippen LogP contribution in [0.2, 0.25) is 0 Å². The minimum atomic E-state index is 0.0651. The summed E-state index contributed by atoms with van der Waals surface area (Å²) in [6.07, 6.45) is 0. The topological polar surface area (TPSA) is 114 Å². The summed E-state index contributed by atoms with van der Waals surface area (Å²) in [5.41, 5.74) is 15.8. The zero-order chi connectivity index (χ0) is 14.5. The highest BCUT2D eigenvalue weighted by atomic mass is 32.1. The monoisotopic (exact) mass is 307 g/mol. The molecule has 9 heteroatoms. The molecule has 0 unspecified atom stereocenters. The number of nitrogens with zero attached hydrogens (tertiary/aromatic N) is 3. The van der Waals surface area contributed by atoms with Gasteiger partial charge in [0.1, 0.15) is 5.71 Å². The highest BCUT2D eigenvalue weighted by molar-refractivity contribution is 7.80. The van der Waals surface area contributed by atoms with Crippen LogP contribution in [0.5, 0.6) is 0 Å². The van der Waals surface area contributed by atoms with Crippen LogP contribution in [0.15, 0.2) is 29.4 Å². The summed E-state index contributed by atoms with van der Waals surface area (Å²) in [5, 5.41) is 16.5. The third-order valence-corrected chi connectivity index (χ3v) is 3.37. The molecule has 0 fully saturated rings. The van der Waals surface area contributed by atoms with Gasteiger partial charge in [0.2, 0.25) is 5.13 Å². The Morgan fingerprint density at radius 2 is 2.10 bits per heavy atom. The number of thiocarbonyl (C=S) groups is 1. The Morgan fingerprint density at radius 1 is 1.35 bits per heavy atom. The first kappa shape index (κ1) is 14.2. The summed E-state index contributed by atoms with van der Waals surface area (Å²) in [7, 11) is 1.77. The van der Waals surface area contributed by atoms with Crippen LogP contribution in [-0.4, -0.2) is 28.1 Å². The van der Waals surface area contributed by atoms with Crippen molar-refractivity contribution >= 4 is 45.2 Å². The van der Waals surface area contributed by atoms with Crippen LogP contribution in [0.3, 0.4) is 0 Å². The summed E-state index contributed by atoms with van der Waals surface area (Å²) in [5.74, 6) is 0. The number of aromatic nitrogens is 2. The number of anilines is 2. The Bertz CT molecular complexity index is 650. The number of hydrogen-bond donors (Lipinski definition) is 4.